The van der Waals surface area contributed by atoms with Gasteiger partial charge in [0.2, 0.25) is 0 Å². The van der Waals surface area contributed by atoms with Crippen LogP contribution >= 0.6 is 11.8 Å². The molecule has 1 aliphatic heterocycles. The number of thioether (sulfide) groups is 1. The third kappa shape index (κ3) is 3.12. The van der Waals surface area contributed by atoms with Gasteiger partial charge in [0.15, 0.2) is 0 Å². The summed E-state index contributed by atoms with van der Waals surface area (Å²) in [6.07, 6.45) is 1.99. The fourth-order valence-electron chi connectivity index (χ4n) is 1.82. The molecule has 4 nitrogen and oxygen atoms in total. The summed E-state index contributed by atoms with van der Waals surface area (Å²) < 4.78 is 4.56. The van der Waals surface area contributed by atoms with Gasteiger partial charge in [0.1, 0.15) is 0 Å². The van der Waals surface area contributed by atoms with Gasteiger partial charge in [0, 0.05) is 0 Å². The third-order valence-electron chi connectivity index (χ3n) is 2.83. The highest BCUT2D eigenvalue weighted by atomic mass is 32.2. The van der Waals surface area contributed by atoms with Gasteiger partial charge in [-0.25, -0.2) is 0 Å². The van der Waals surface area contributed by atoms with Crippen molar-refractivity contribution in [2.75, 3.05) is 18.6 Å². The zero-order chi connectivity index (χ0) is 11.3. The molecule has 15 heavy (non-hydrogen) atoms. The number of hydrogen-bond acceptors (Lipinski definition) is 4. The summed E-state index contributed by atoms with van der Waals surface area (Å²) in [5, 5.41) is 9.24. The first-order valence-corrected chi connectivity index (χ1v) is 6.14. The van der Waals surface area contributed by atoms with Gasteiger partial charge in [0.25, 0.3) is 0 Å². The van der Waals surface area contributed by atoms with E-state index in [2.05, 4.69) is 4.74 Å². The topological polar surface area (TPSA) is 63.6 Å². The molecule has 1 heterocycles. The second-order valence-corrected chi connectivity index (χ2v) is 5.03. The van der Waals surface area contributed by atoms with Gasteiger partial charge in [-0.2, -0.15) is 11.8 Å². The van der Waals surface area contributed by atoms with Crippen LogP contribution in [0.25, 0.3) is 0 Å². The maximum Gasteiger partial charge on any atom is 0.310 e. The first-order chi connectivity index (χ1) is 7.10. The molecule has 0 aromatic rings. The van der Waals surface area contributed by atoms with Crippen molar-refractivity contribution in [2.45, 2.75) is 25.7 Å². The Morgan fingerprint density at radius 3 is 2.73 bits per heavy atom. The molecule has 0 aliphatic carbocycles. The van der Waals surface area contributed by atoms with Crippen LogP contribution in [0.2, 0.25) is 0 Å². The molecular weight excluding hydrogens is 216 g/mol. The standard InChI is InChI=1S/C10H16O4S/c1-14-8(11)7-10(9(12)13)3-2-5-15-6-4-10/h2-7H2,1H3,(H,12,13). The van der Waals surface area contributed by atoms with Crippen molar-refractivity contribution < 1.29 is 19.4 Å². The number of carboxylic acid groups (broad SMARTS) is 1. The number of carbonyl (C=O) groups excluding carboxylic acids is 1. The molecular formula is C10H16O4S. The van der Waals surface area contributed by atoms with E-state index in [0.717, 1.165) is 17.9 Å². The van der Waals surface area contributed by atoms with Gasteiger partial charge in [-0.15, -0.1) is 0 Å². The Balaban J connectivity index is 2.75. The lowest BCUT2D eigenvalue weighted by Crippen LogP contribution is -2.34. The number of carboxylic acids is 1. The summed E-state index contributed by atoms with van der Waals surface area (Å²) in [5.41, 5.74) is -0.892. The van der Waals surface area contributed by atoms with E-state index < -0.39 is 17.4 Å². The van der Waals surface area contributed by atoms with Crippen molar-refractivity contribution in [2.24, 2.45) is 5.41 Å². The second kappa shape index (κ2) is 5.39. The number of methoxy groups -OCH3 is 1. The number of hydrogen-bond donors (Lipinski definition) is 1. The van der Waals surface area contributed by atoms with Crippen LogP contribution in [0.15, 0.2) is 0 Å². The van der Waals surface area contributed by atoms with Crippen LogP contribution in [-0.2, 0) is 14.3 Å². The Morgan fingerprint density at radius 2 is 2.13 bits per heavy atom. The molecule has 1 saturated heterocycles. The zero-order valence-electron chi connectivity index (χ0n) is 8.82. The van der Waals surface area contributed by atoms with Crippen LogP contribution in [-0.4, -0.2) is 35.7 Å². The van der Waals surface area contributed by atoms with E-state index in [0.29, 0.717) is 12.8 Å². The summed E-state index contributed by atoms with van der Waals surface area (Å²) >= 11 is 1.75. The Kier molecular flexibility index (Phi) is 4.45. The average molecular weight is 232 g/mol. The normalized spacial score (nSPS) is 26.7. The Morgan fingerprint density at radius 1 is 1.40 bits per heavy atom. The Bertz CT molecular complexity index is 244. The molecule has 1 fully saturated rings. The average Bonchev–Trinajstić information content (AvgIpc) is 2.44. The van der Waals surface area contributed by atoms with E-state index in [1.807, 2.05) is 0 Å². The molecule has 1 aliphatic rings. The molecule has 86 valence electrons. The number of carbonyl (C=O) groups is 2. The summed E-state index contributed by atoms with van der Waals surface area (Å²) in [6, 6.07) is 0. The number of ether oxygens (including phenoxy) is 1. The van der Waals surface area contributed by atoms with Crippen molar-refractivity contribution in [3.05, 3.63) is 0 Å². The molecule has 0 radical (unpaired) electrons. The van der Waals surface area contributed by atoms with E-state index in [-0.39, 0.29) is 6.42 Å². The summed E-state index contributed by atoms with van der Waals surface area (Å²) in [7, 11) is 1.29. The van der Waals surface area contributed by atoms with E-state index in [1.165, 1.54) is 7.11 Å². The third-order valence-corrected chi connectivity index (χ3v) is 3.90. The number of aliphatic carboxylic acids is 1. The molecule has 0 bridgehead atoms. The van der Waals surface area contributed by atoms with Gasteiger partial charge >= 0.3 is 11.9 Å². The van der Waals surface area contributed by atoms with Gasteiger partial charge < -0.3 is 9.84 Å². The van der Waals surface area contributed by atoms with Crippen LogP contribution < -0.4 is 0 Å². The summed E-state index contributed by atoms with van der Waals surface area (Å²) in [6.45, 7) is 0. The van der Waals surface area contributed by atoms with E-state index in [1.54, 1.807) is 11.8 Å². The number of esters is 1. The van der Waals surface area contributed by atoms with Gasteiger partial charge in [-0.05, 0) is 30.8 Å². The summed E-state index contributed by atoms with van der Waals surface area (Å²) in [5.74, 6) is 0.499. The molecule has 0 spiro atoms. The second-order valence-electron chi connectivity index (χ2n) is 3.80. The lowest BCUT2D eigenvalue weighted by atomic mass is 9.78. The highest BCUT2D eigenvalue weighted by Gasteiger charge is 2.41. The van der Waals surface area contributed by atoms with Crippen LogP contribution in [0, 0.1) is 5.41 Å². The van der Waals surface area contributed by atoms with Gasteiger partial charge in [-0.1, -0.05) is 0 Å². The molecule has 0 aromatic heterocycles. The highest BCUT2D eigenvalue weighted by molar-refractivity contribution is 7.99. The smallest absolute Gasteiger partial charge is 0.310 e. The van der Waals surface area contributed by atoms with Crippen molar-refractivity contribution in [3.63, 3.8) is 0 Å². The lowest BCUT2D eigenvalue weighted by molar-refractivity contribution is -0.157. The van der Waals surface area contributed by atoms with Crippen molar-refractivity contribution in [3.8, 4) is 0 Å². The molecule has 1 N–H and O–H groups in total. The maximum atomic E-state index is 11.3. The van der Waals surface area contributed by atoms with Gasteiger partial charge in [0.05, 0.1) is 18.9 Å². The monoisotopic (exact) mass is 232 g/mol. The van der Waals surface area contributed by atoms with Crippen molar-refractivity contribution in [1.82, 2.24) is 0 Å². The predicted octanol–water partition coefficient (Wildman–Crippen LogP) is 1.54. The fourth-order valence-corrected chi connectivity index (χ4v) is 2.91. The maximum absolute atomic E-state index is 11.3. The van der Waals surface area contributed by atoms with E-state index in [9.17, 15) is 14.7 Å². The van der Waals surface area contributed by atoms with E-state index >= 15 is 0 Å². The largest absolute Gasteiger partial charge is 0.481 e. The Labute approximate surface area is 93.4 Å². The fraction of sp³-hybridized carbons (Fsp3) is 0.800. The van der Waals surface area contributed by atoms with Crippen LogP contribution in [0.4, 0.5) is 0 Å². The zero-order valence-corrected chi connectivity index (χ0v) is 9.64. The molecule has 1 rings (SSSR count). The molecule has 5 heteroatoms. The van der Waals surface area contributed by atoms with Crippen LogP contribution in [0.3, 0.4) is 0 Å². The Hall–Kier alpha value is -0.710. The molecule has 1 atom stereocenters. The molecule has 1 unspecified atom stereocenters. The first kappa shape index (κ1) is 12.4. The minimum atomic E-state index is -0.892. The SMILES string of the molecule is COC(=O)CC1(C(=O)O)CCCSCC1. The quantitative estimate of drug-likeness (QED) is 0.748. The summed E-state index contributed by atoms with van der Waals surface area (Å²) in [4.78, 5) is 22.5. The van der Waals surface area contributed by atoms with Gasteiger partial charge in [-0.3, -0.25) is 9.59 Å². The molecule has 0 aromatic carbocycles. The number of rotatable bonds is 3. The predicted molar refractivity (Wildman–Crippen MR) is 57.9 cm³/mol. The minimum absolute atomic E-state index is 0.000602. The molecule has 0 amide bonds. The highest BCUT2D eigenvalue weighted by Crippen LogP contribution is 2.37. The minimum Gasteiger partial charge on any atom is -0.481 e. The van der Waals surface area contributed by atoms with E-state index in [4.69, 9.17) is 0 Å². The van der Waals surface area contributed by atoms with Crippen molar-refractivity contribution in [1.29, 1.82) is 0 Å². The van der Waals surface area contributed by atoms with Crippen LogP contribution in [0.5, 0.6) is 0 Å². The lowest BCUT2D eigenvalue weighted by Gasteiger charge is -2.26. The van der Waals surface area contributed by atoms with Crippen molar-refractivity contribution >= 4 is 23.7 Å². The first-order valence-electron chi connectivity index (χ1n) is 4.99. The van der Waals surface area contributed by atoms with Crippen LogP contribution in [0.1, 0.15) is 25.7 Å². The molecule has 0 saturated carbocycles.